The Labute approximate surface area is 161 Å². The average molecular weight is 399 g/mol. The predicted octanol–water partition coefficient (Wildman–Crippen LogP) is 2.81. The summed E-state index contributed by atoms with van der Waals surface area (Å²) in [7, 11) is -3.72. The lowest BCUT2D eigenvalue weighted by Gasteiger charge is -2.16. The van der Waals surface area contributed by atoms with Crippen molar-refractivity contribution < 1.29 is 17.6 Å². The summed E-state index contributed by atoms with van der Waals surface area (Å²) in [5, 5.41) is 3.48. The fourth-order valence-corrected chi connectivity index (χ4v) is 5.09. The monoisotopic (exact) mass is 399 g/mol. The van der Waals surface area contributed by atoms with E-state index in [4.69, 9.17) is 0 Å². The second kappa shape index (κ2) is 5.89. The van der Waals surface area contributed by atoms with E-state index in [1.165, 1.54) is 24.3 Å². The first-order chi connectivity index (χ1) is 13.4. The van der Waals surface area contributed by atoms with Crippen molar-refractivity contribution in [3.8, 4) is 0 Å². The van der Waals surface area contributed by atoms with E-state index in [1.807, 2.05) is 6.20 Å². The second-order valence-electron chi connectivity index (χ2n) is 7.54. The maximum absolute atomic E-state index is 13.7. The zero-order chi connectivity index (χ0) is 19.5. The molecule has 1 saturated carbocycles. The molecule has 1 aromatic heterocycles. The molecule has 0 saturated heterocycles. The molecule has 28 heavy (non-hydrogen) atoms. The number of nitrogens with one attached hydrogen (secondary N) is 3. The Morgan fingerprint density at radius 3 is 2.75 bits per heavy atom. The standard InChI is InChI=1S/C20H18FN3O3S/c21-13-1-3-18-15(9-13)16(10-22-18)20(5-6-20)11-23-28(26,27)14-2-4-17-12(7-14)8-19(25)24-17/h1-4,7,9-10,22-23H,5-6,8,11H2,(H,24,25). The molecule has 6 nitrogen and oxygen atoms in total. The molecule has 2 aromatic carbocycles. The van der Waals surface area contributed by atoms with Crippen molar-refractivity contribution in [2.75, 3.05) is 11.9 Å². The Morgan fingerprint density at radius 1 is 1.14 bits per heavy atom. The van der Waals surface area contributed by atoms with Crippen LogP contribution in [0, 0.1) is 5.82 Å². The van der Waals surface area contributed by atoms with Crippen LogP contribution in [0.25, 0.3) is 10.9 Å². The molecular weight excluding hydrogens is 381 g/mol. The maximum Gasteiger partial charge on any atom is 0.240 e. The Hall–Kier alpha value is -2.71. The van der Waals surface area contributed by atoms with Gasteiger partial charge in [-0.05, 0) is 60.4 Å². The van der Waals surface area contributed by atoms with E-state index in [0.717, 1.165) is 29.3 Å². The minimum Gasteiger partial charge on any atom is -0.361 e. The summed E-state index contributed by atoms with van der Waals surface area (Å²) in [6.45, 7) is 0.243. The van der Waals surface area contributed by atoms with Gasteiger partial charge >= 0.3 is 0 Å². The molecule has 1 aliphatic heterocycles. The topological polar surface area (TPSA) is 91.1 Å². The van der Waals surface area contributed by atoms with E-state index in [2.05, 4.69) is 15.0 Å². The van der Waals surface area contributed by atoms with Crippen LogP contribution in [0.5, 0.6) is 0 Å². The molecular formula is C20H18FN3O3S. The van der Waals surface area contributed by atoms with Gasteiger partial charge in [-0.3, -0.25) is 4.79 Å². The van der Waals surface area contributed by atoms with E-state index in [-0.39, 0.29) is 35.0 Å². The van der Waals surface area contributed by atoms with Crippen LogP contribution in [0.3, 0.4) is 0 Å². The van der Waals surface area contributed by atoms with Gasteiger partial charge in [0.15, 0.2) is 0 Å². The van der Waals surface area contributed by atoms with Crippen molar-refractivity contribution in [3.63, 3.8) is 0 Å². The minimum absolute atomic E-state index is 0.138. The van der Waals surface area contributed by atoms with Crippen LogP contribution >= 0.6 is 0 Å². The van der Waals surface area contributed by atoms with Crippen LogP contribution < -0.4 is 10.0 Å². The average Bonchev–Trinajstić information content (AvgIpc) is 3.17. The summed E-state index contributed by atoms with van der Waals surface area (Å²) in [6, 6.07) is 9.22. The lowest BCUT2D eigenvalue weighted by Crippen LogP contribution is -2.32. The van der Waals surface area contributed by atoms with Crippen molar-refractivity contribution >= 4 is 32.5 Å². The van der Waals surface area contributed by atoms with Gasteiger partial charge in [-0.25, -0.2) is 17.5 Å². The lowest BCUT2D eigenvalue weighted by molar-refractivity contribution is -0.115. The number of rotatable bonds is 5. The zero-order valence-electron chi connectivity index (χ0n) is 14.9. The zero-order valence-corrected chi connectivity index (χ0v) is 15.7. The number of benzene rings is 2. The molecule has 3 aromatic rings. The summed E-state index contributed by atoms with van der Waals surface area (Å²) in [6.07, 6.45) is 3.70. The van der Waals surface area contributed by atoms with Crippen LogP contribution in [0.1, 0.15) is 24.0 Å². The van der Waals surface area contributed by atoms with Gasteiger partial charge in [-0.2, -0.15) is 0 Å². The molecule has 0 spiro atoms. The molecule has 5 rings (SSSR count). The van der Waals surface area contributed by atoms with E-state index < -0.39 is 10.0 Å². The Morgan fingerprint density at radius 2 is 1.96 bits per heavy atom. The number of sulfonamides is 1. The first-order valence-electron chi connectivity index (χ1n) is 9.06. The number of carbonyl (C=O) groups excluding carboxylic acids is 1. The number of H-pyrrole nitrogens is 1. The number of hydrogen-bond donors (Lipinski definition) is 3. The molecule has 2 heterocycles. The van der Waals surface area contributed by atoms with E-state index >= 15 is 0 Å². The Balaban J connectivity index is 1.40. The van der Waals surface area contributed by atoms with Crippen LogP contribution in [0.2, 0.25) is 0 Å². The fraction of sp³-hybridized carbons (Fsp3) is 0.250. The van der Waals surface area contributed by atoms with E-state index in [9.17, 15) is 17.6 Å². The third-order valence-electron chi connectivity index (χ3n) is 5.68. The van der Waals surface area contributed by atoms with Crippen LogP contribution in [-0.2, 0) is 26.7 Å². The summed E-state index contributed by atoms with van der Waals surface area (Å²) in [5.41, 5.74) is 2.78. The smallest absolute Gasteiger partial charge is 0.240 e. The predicted molar refractivity (Wildman–Crippen MR) is 103 cm³/mol. The Kier molecular flexibility index (Phi) is 3.66. The Bertz CT molecular complexity index is 1230. The highest BCUT2D eigenvalue weighted by Crippen LogP contribution is 2.50. The molecule has 144 valence electrons. The van der Waals surface area contributed by atoms with Crippen molar-refractivity contribution in [2.45, 2.75) is 29.6 Å². The van der Waals surface area contributed by atoms with Crippen molar-refractivity contribution in [2.24, 2.45) is 0 Å². The maximum atomic E-state index is 13.7. The highest BCUT2D eigenvalue weighted by molar-refractivity contribution is 7.89. The van der Waals surface area contributed by atoms with Crippen molar-refractivity contribution in [1.29, 1.82) is 0 Å². The van der Waals surface area contributed by atoms with Gasteiger partial charge in [0.25, 0.3) is 0 Å². The molecule has 2 aliphatic rings. The number of hydrogen-bond acceptors (Lipinski definition) is 3. The molecule has 1 fully saturated rings. The third-order valence-corrected chi connectivity index (χ3v) is 7.08. The summed E-state index contributed by atoms with van der Waals surface area (Å²) in [4.78, 5) is 14.8. The van der Waals surface area contributed by atoms with Gasteiger partial charge in [0.2, 0.25) is 15.9 Å². The normalized spacial score (nSPS) is 17.5. The first-order valence-corrected chi connectivity index (χ1v) is 10.5. The first kappa shape index (κ1) is 17.4. The molecule has 8 heteroatoms. The summed E-state index contributed by atoms with van der Waals surface area (Å²) >= 11 is 0. The molecule has 1 amide bonds. The van der Waals surface area contributed by atoms with E-state index in [0.29, 0.717) is 11.3 Å². The number of aromatic amines is 1. The number of aromatic nitrogens is 1. The SMILES string of the molecule is O=C1Cc2cc(S(=O)(=O)NCC3(c4c[nH]c5ccc(F)cc45)CC3)ccc2N1. The number of halogens is 1. The number of amides is 1. The summed E-state index contributed by atoms with van der Waals surface area (Å²) in [5.74, 6) is -0.452. The summed E-state index contributed by atoms with van der Waals surface area (Å²) < 4.78 is 42.0. The fourth-order valence-electron chi connectivity index (χ4n) is 3.91. The molecule has 0 unspecified atom stereocenters. The highest BCUT2D eigenvalue weighted by atomic mass is 32.2. The lowest BCUT2D eigenvalue weighted by atomic mass is 9.96. The number of fused-ring (bicyclic) bond motifs is 2. The van der Waals surface area contributed by atoms with Crippen molar-refractivity contribution in [1.82, 2.24) is 9.71 Å². The number of anilines is 1. The van der Waals surface area contributed by atoms with Gasteiger partial charge in [-0.15, -0.1) is 0 Å². The van der Waals surface area contributed by atoms with Gasteiger partial charge in [-0.1, -0.05) is 0 Å². The number of carbonyl (C=O) groups is 1. The highest BCUT2D eigenvalue weighted by Gasteiger charge is 2.46. The molecule has 1 aliphatic carbocycles. The molecule has 0 bridgehead atoms. The van der Waals surface area contributed by atoms with Gasteiger partial charge in [0.1, 0.15) is 5.82 Å². The van der Waals surface area contributed by atoms with E-state index in [1.54, 1.807) is 12.1 Å². The molecule has 0 atom stereocenters. The van der Waals surface area contributed by atoms with Gasteiger partial charge in [0, 0.05) is 34.7 Å². The second-order valence-corrected chi connectivity index (χ2v) is 9.31. The van der Waals surface area contributed by atoms with Crippen molar-refractivity contribution in [3.05, 3.63) is 59.5 Å². The quantitative estimate of drug-likeness (QED) is 0.616. The minimum atomic E-state index is -3.72. The van der Waals surface area contributed by atoms with Gasteiger partial charge < -0.3 is 10.3 Å². The third kappa shape index (κ3) is 2.80. The molecule has 0 radical (unpaired) electrons. The van der Waals surface area contributed by atoms with Crippen LogP contribution in [0.4, 0.5) is 10.1 Å². The largest absolute Gasteiger partial charge is 0.361 e. The van der Waals surface area contributed by atoms with Gasteiger partial charge in [0.05, 0.1) is 11.3 Å². The molecule has 3 N–H and O–H groups in total. The van der Waals surface area contributed by atoms with Crippen LogP contribution in [0.15, 0.2) is 47.5 Å². The van der Waals surface area contributed by atoms with Crippen LogP contribution in [-0.4, -0.2) is 25.9 Å².